The molecule has 2 rings (SSSR count). The van der Waals surface area contributed by atoms with Gasteiger partial charge in [0.15, 0.2) is 0 Å². The molecular formula is C18H30N2. The van der Waals surface area contributed by atoms with E-state index in [1.807, 2.05) is 0 Å². The monoisotopic (exact) mass is 274 g/mol. The second-order valence-electron chi connectivity index (χ2n) is 7.32. The van der Waals surface area contributed by atoms with E-state index in [0.717, 1.165) is 6.42 Å². The maximum Gasteiger partial charge on any atom is 0.0399 e. The Morgan fingerprint density at radius 1 is 1.25 bits per heavy atom. The number of anilines is 1. The Balaban J connectivity index is 2.22. The largest absolute Gasteiger partial charge is 0.371 e. The maximum atomic E-state index is 6.03. The molecule has 1 aromatic rings. The zero-order valence-corrected chi connectivity index (χ0v) is 13.6. The van der Waals surface area contributed by atoms with Gasteiger partial charge in [-0.3, -0.25) is 0 Å². The number of hydrogen-bond acceptors (Lipinski definition) is 2. The molecule has 1 heterocycles. The number of aryl methyl sites for hydroxylation is 1. The van der Waals surface area contributed by atoms with E-state index in [4.69, 9.17) is 5.73 Å². The van der Waals surface area contributed by atoms with Crippen LogP contribution in [0.15, 0.2) is 18.2 Å². The summed E-state index contributed by atoms with van der Waals surface area (Å²) in [6.07, 6.45) is 4.87. The van der Waals surface area contributed by atoms with Crippen molar-refractivity contribution in [1.29, 1.82) is 0 Å². The number of hydrogen-bond donors (Lipinski definition) is 1. The van der Waals surface area contributed by atoms with Crippen LogP contribution < -0.4 is 10.6 Å². The molecule has 1 saturated heterocycles. The highest BCUT2D eigenvalue weighted by atomic mass is 15.1. The second-order valence-corrected chi connectivity index (χ2v) is 7.32. The standard InChI is InChI=1S/C18H30N2/c1-14-6-7-17(16(12-14)13-15(2)19)20-10-5-8-18(3,4)9-11-20/h6-7,12,15H,5,8-11,13,19H2,1-4H3. The molecule has 1 unspecified atom stereocenters. The predicted octanol–water partition coefficient (Wildman–Crippen LogP) is 3.90. The lowest BCUT2D eigenvalue weighted by Crippen LogP contribution is -2.27. The summed E-state index contributed by atoms with van der Waals surface area (Å²) in [5.74, 6) is 0. The van der Waals surface area contributed by atoms with Crippen LogP contribution in [0.5, 0.6) is 0 Å². The molecule has 0 aromatic heterocycles. The van der Waals surface area contributed by atoms with Crippen molar-refractivity contribution < 1.29 is 0 Å². The number of nitrogens with zero attached hydrogens (tertiary/aromatic N) is 1. The summed E-state index contributed by atoms with van der Waals surface area (Å²) in [6.45, 7) is 11.4. The highest BCUT2D eigenvalue weighted by Gasteiger charge is 2.24. The van der Waals surface area contributed by atoms with Crippen molar-refractivity contribution in [3.63, 3.8) is 0 Å². The topological polar surface area (TPSA) is 29.3 Å². The van der Waals surface area contributed by atoms with Crippen molar-refractivity contribution in [3.8, 4) is 0 Å². The molecule has 1 aromatic carbocycles. The first-order chi connectivity index (χ1) is 9.37. The molecule has 0 saturated carbocycles. The Kier molecular flexibility index (Phi) is 4.74. The Hall–Kier alpha value is -1.02. The van der Waals surface area contributed by atoms with Gasteiger partial charge < -0.3 is 10.6 Å². The van der Waals surface area contributed by atoms with Crippen LogP contribution in [0.25, 0.3) is 0 Å². The van der Waals surface area contributed by atoms with Gasteiger partial charge in [0.25, 0.3) is 0 Å². The van der Waals surface area contributed by atoms with Gasteiger partial charge >= 0.3 is 0 Å². The summed E-state index contributed by atoms with van der Waals surface area (Å²) < 4.78 is 0. The Bertz CT molecular complexity index is 449. The van der Waals surface area contributed by atoms with Gasteiger partial charge in [-0.2, -0.15) is 0 Å². The van der Waals surface area contributed by atoms with E-state index in [1.54, 1.807) is 0 Å². The summed E-state index contributed by atoms with van der Waals surface area (Å²) >= 11 is 0. The minimum atomic E-state index is 0.221. The predicted molar refractivity (Wildman–Crippen MR) is 88.4 cm³/mol. The maximum absolute atomic E-state index is 6.03. The van der Waals surface area contributed by atoms with Gasteiger partial charge in [-0.25, -0.2) is 0 Å². The van der Waals surface area contributed by atoms with Crippen LogP contribution in [0.2, 0.25) is 0 Å². The fraction of sp³-hybridized carbons (Fsp3) is 0.667. The Morgan fingerprint density at radius 2 is 2.00 bits per heavy atom. The van der Waals surface area contributed by atoms with E-state index in [1.165, 1.54) is 49.2 Å². The van der Waals surface area contributed by atoms with Gasteiger partial charge in [-0.05, 0) is 56.6 Å². The van der Waals surface area contributed by atoms with Crippen molar-refractivity contribution in [2.45, 2.75) is 59.4 Å². The molecule has 2 heteroatoms. The molecule has 1 fully saturated rings. The van der Waals surface area contributed by atoms with Gasteiger partial charge in [0.05, 0.1) is 0 Å². The van der Waals surface area contributed by atoms with E-state index in [9.17, 15) is 0 Å². The quantitative estimate of drug-likeness (QED) is 0.905. The lowest BCUT2D eigenvalue weighted by atomic mass is 9.85. The number of nitrogens with two attached hydrogens (primary N) is 1. The van der Waals surface area contributed by atoms with Crippen LogP contribution in [0, 0.1) is 12.3 Å². The third-order valence-electron chi connectivity index (χ3n) is 4.46. The average molecular weight is 274 g/mol. The molecular weight excluding hydrogens is 244 g/mol. The molecule has 0 radical (unpaired) electrons. The summed E-state index contributed by atoms with van der Waals surface area (Å²) in [6, 6.07) is 7.06. The van der Waals surface area contributed by atoms with Gasteiger partial charge in [-0.15, -0.1) is 0 Å². The first-order valence-corrected chi connectivity index (χ1v) is 7.97. The third-order valence-corrected chi connectivity index (χ3v) is 4.46. The Labute approximate surface area is 124 Å². The SMILES string of the molecule is Cc1ccc(N2CCCC(C)(C)CC2)c(CC(C)N)c1. The highest BCUT2D eigenvalue weighted by Crippen LogP contribution is 2.33. The minimum Gasteiger partial charge on any atom is -0.371 e. The van der Waals surface area contributed by atoms with E-state index < -0.39 is 0 Å². The third kappa shape index (κ3) is 3.99. The molecule has 0 aliphatic carbocycles. The van der Waals surface area contributed by atoms with Crippen molar-refractivity contribution in [3.05, 3.63) is 29.3 Å². The normalized spacial score (nSPS) is 20.6. The molecule has 2 N–H and O–H groups in total. The van der Waals surface area contributed by atoms with E-state index in [0.29, 0.717) is 5.41 Å². The summed E-state index contributed by atoms with van der Waals surface area (Å²) in [5.41, 5.74) is 10.7. The fourth-order valence-corrected chi connectivity index (χ4v) is 3.20. The van der Waals surface area contributed by atoms with Crippen LogP contribution in [0.3, 0.4) is 0 Å². The molecule has 0 spiro atoms. The summed E-state index contributed by atoms with van der Waals surface area (Å²) in [4.78, 5) is 2.58. The van der Waals surface area contributed by atoms with Crippen LogP contribution in [-0.4, -0.2) is 19.1 Å². The van der Waals surface area contributed by atoms with E-state index >= 15 is 0 Å². The second kappa shape index (κ2) is 6.17. The van der Waals surface area contributed by atoms with Crippen LogP contribution in [-0.2, 0) is 6.42 Å². The molecule has 1 aliphatic heterocycles. The summed E-state index contributed by atoms with van der Waals surface area (Å²) in [5, 5.41) is 0. The molecule has 20 heavy (non-hydrogen) atoms. The molecule has 112 valence electrons. The van der Waals surface area contributed by atoms with Crippen molar-refractivity contribution in [2.75, 3.05) is 18.0 Å². The lowest BCUT2D eigenvalue weighted by Gasteiger charge is -2.27. The lowest BCUT2D eigenvalue weighted by molar-refractivity contribution is 0.325. The van der Waals surface area contributed by atoms with Gasteiger partial charge in [0, 0.05) is 24.8 Å². The van der Waals surface area contributed by atoms with Crippen LogP contribution >= 0.6 is 0 Å². The molecule has 0 bridgehead atoms. The van der Waals surface area contributed by atoms with E-state index in [2.05, 4.69) is 50.8 Å². The molecule has 2 nitrogen and oxygen atoms in total. The van der Waals surface area contributed by atoms with Crippen molar-refractivity contribution >= 4 is 5.69 Å². The zero-order valence-electron chi connectivity index (χ0n) is 13.6. The molecule has 1 aliphatic rings. The number of benzene rings is 1. The smallest absolute Gasteiger partial charge is 0.0399 e. The number of rotatable bonds is 3. The van der Waals surface area contributed by atoms with Crippen molar-refractivity contribution in [2.24, 2.45) is 11.1 Å². The van der Waals surface area contributed by atoms with Crippen LogP contribution in [0.4, 0.5) is 5.69 Å². The van der Waals surface area contributed by atoms with E-state index in [-0.39, 0.29) is 6.04 Å². The zero-order chi connectivity index (χ0) is 14.8. The first-order valence-electron chi connectivity index (χ1n) is 7.97. The molecule has 0 amide bonds. The highest BCUT2D eigenvalue weighted by molar-refractivity contribution is 5.55. The summed E-state index contributed by atoms with van der Waals surface area (Å²) in [7, 11) is 0. The fourth-order valence-electron chi connectivity index (χ4n) is 3.20. The average Bonchev–Trinajstić information content (AvgIpc) is 2.50. The van der Waals surface area contributed by atoms with Crippen LogP contribution in [0.1, 0.15) is 51.2 Å². The molecule has 1 atom stereocenters. The first kappa shape index (κ1) is 15.4. The Morgan fingerprint density at radius 3 is 2.70 bits per heavy atom. The van der Waals surface area contributed by atoms with Gasteiger partial charge in [0.1, 0.15) is 0 Å². The van der Waals surface area contributed by atoms with Crippen molar-refractivity contribution in [1.82, 2.24) is 0 Å². The van der Waals surface area contributed by atoms with Gasteiger partial charge in [0.2, 0.25) is 0 Å². The van der Waals surface area contributed by atoms with Gasteiger partial charge in [-0.1, -0.05) is 31.5 Å². The minimum absolute atomic E-state index is 0.221.